The van der Waals surface area contributed by atoms with Crippen molar-refractivity contribution in [1.29, 1.82) is 0 Å². The lowest BCUT2D eigenvalue weighted by Crippen LogP contribution is -2.48. The molecule has 0 radical (unpaired) electrons. The van der Waals surface area contributed by atoms with Crippen molar-refractivity contribution < 1.29 is 23.9 Å². The Labute approximate surface area is 218 Å². The van der Waals surface area contributed by atoms with Crippen LogP contribution in [-0.4, -0.2) is 51.1 Å². The van der Waals surface area contributed by atoms with Gasteiger partial charge in [0.25, 0.3) is 0 Å². The van der Waals surface area contributed by atoms with E-state index in [1.54, 1.807) is 14.2 Å². The van der Waals surface area contributed by atoms with E-state index in [1.807, 2.05) is 65.9 Å². The molecule has 2 atom stereocenters. The van der Waals surface area contributed by atoms with E-state index in [4.69, 9.17) is 20.0 Å². The van der Waals surface area contributed by atoms with E-state index in [0.29, 0.717) is 12.8 Å². The molecule has 0 saturated carbocycles. The second-order valence-electron chi connectivity index (χ2n) is 8.84. The summed E-state index contributed by atoms with van der Waals surface area (Å²) >= 11 is 0. The fourth-order valence-electron chi connectivity index (χ4n) is 2.20. The number of nitrogens with one attached hydrogen (secondary N) is 2. The van der Waals surface area contributed by atoms with Crippen molar-refractivity contribution in [2.45, 2.75) is 78.9 Å². The summed E-state index contributed by atoms with van der Waals surface area (Å²) in [7, 11) is 5.20. The summed E-state index contributed by atoms with van der Waals surface area (Å²) in [5.41, 5.74) is 11.7. The Hall–Kier alpha value is -3.07. The van der Waals surface area contributed by atoms with E-state index in [2.05, 4.69) is 29.9 Å². The third kappa shape index (κ3) is 22.7. The first-order valence-corrected chi connectivity index (χ1v) is 12.0. The van der Waals surface area contributed by atoms with Crippen molar-refractivity contribution in [1.82, 2.24) is 10.6 Å². The zero-order valence-corrected chi connectivity index (χ0v) is 23.8. The Kier molecular flexibility index (Phi) is 23.3. The first-order chi connectivity index (χ1) is 16.8. The molecular formula is C27H50N4O5. The van der Waals surface area contributed by atoms with Gasteiger partial charge in [-0.3, -0.25) is 14.4 Å². The molecule has 0 fully saturated rings. The van der Waals surface area contributed by atoms with Gasteiger partial charge in [-0.25, -0.2) is 0 Å². The first-order valence-electron chi connectivity index (χ1n) is 12.0. The van der Waals surface area contributed by atoms with E-state index >= 15 is 0 Å². The number of benzene rings is 1. The molecule has 9 nitrogen and oxygen atoms in total. The number of amides is 3. The van der Waals surface area contributed by atoms with Crippen LogP contribution in [0.4, 0.5) is 0 Å². The summed E-state index contributed by atoms with van der Waals surface area (Å²) in [6, 6.07) is 6.97. The predicted molar refractivity (Wildman–Crippen MR) is 147 cm³/mol. The standard InChI is InChI=1S/C16H24N2O3.C5H11N.C5H12O.CH3NO/c1-4-11(2)15(16(17)20)18-14(19)10-7-12-5-8-13(21-3)9-6-12;1-4-5(2)6-3;1-5(2,3)6-4;2-1-3/h5-6,8-9,11,15H,4,7,10H2,1-3H3,(H2,17,20)(H,18,19);6H,2,4H2,1,3H3;1-4H3;1H,(H2,2,3). The fourth-order valence-corrected chi connectivity index (χ4v) is 2.20. The lowest BCUT2D eigenvalue weighted by Gasteiger charge is -2.21. The fraction of sp³-hybridized carbons (Fsp3) is 0.593. The van der Waals surface area contributed by atoms with Crippen LogP contribution in [0.25, 0.3) is 0 Å². The van der Waals surface area contributed by atoms with E-state index < -0.39 is 11.9 Å². The Bertz CT molecular complexity index is 725. The molecular weight excluding hydrogens is 460 g/mol. The number of hydrogen-bond donors (Lipinski definition) is 4. The maximum absolute atomic E-state index is 11.9. The van der Waals surface area contributed by atoms with Gasteiger partial charge >= 0.3 is 0 Å². The van der Waals surface area contributed by atoms with E-state index in [1.165, 1.54) is 0 Å². The van der Waals surface area contributed by atoms with E-state index in [-0.39, 0.29) is 23.8 Å². The van der Waals surface area contributed by atoms with Crippen molar-refractivity contribution in [3.63, 3.8) is 0 Å². The Balaban J connectivity index is -0.000000592. The molecule has 1 aromatic rings. The lowest BCUT2D eigenvalue weighted by molar-refractivity contribution is -0.128. The van der Waals surface area contributed by atoms with Crippen molar-refractivity contribution in [2.75, 3.05) is 21.3 Å². The second kappa shape index (κ2) is 22.4. The highest BCUT2D eigenvalue weighted by molar-refractivity contribution is 5.86. The van der Waals surface area contributed by atoms with Gasteiger partial charge in [0, 0.05) is 26.3 Å². The maximum atomic E-state index is 11.9. The zero-order valence-electron chi connectivity index (χ0n) is 23.8. The number of hydrogen-bond acceptors (Lipinski definition) is 6. The summed E-state index contributed by atoms with van der Waals surface area (Å²) in [6.45, 7) is 15.7. The molecule has 208 valence electrons. The van der Waals surface area contributed by atoms with Crippen molar-refractivity contribution in [2.24, 2.45) is 17.4 Å². The number of methoxy groups -OCH3 is 2. The molecule has 3 amide bonds. The summed E-state index contributed by atoms with van der Waals surface area (Å²) in [5, 5.41) is 5.64. The van der Waals surface area contributed by atoms with Gasteiger partial charge in [0.05, 0.1) is 12.7 Å². The van der Waals surface area contributed by atoms with Gasteiger partial charge in [0.1, 0.15) is 11.8 Å². The number of ether oxygens (including phenoxy) is 2. The highest BCUT2D eigenvalue weighted by Gasteiger charge is 2.23. The third-order valence-electron chi connectivity index (χ3n) is 5.03. The molecule has 0 aliphatic carbocycles. The van der Waals surface area contributed by atoms with Gasteiger partial charge in [-0.15, -0.1) is 0 Å². The number of allylic oxidation sites excluding steroid dienone is 1. The van der Waals surface area contributed by atoms with Gasteiger partial charge in [-0.2, -0.15) is 0 Å². The molecule has 0 aromatic heterocycles. The van der Waals surface area contributed by atoms with E-state index in [0.717, 1.165) is 29.9 Å². The molecule has 0 spiro atoms. The summed E-state index contributed by atoms with van der Waals surface area (Å²) in [6.07, 6.45) is 3.00. The van der Waals surface area contributed by atoms with Crippen LogP contribution in [0.3, 0.4) is 0 Å². The molecule has 0 aliphatic heterocycles. The Morgan fingerprint density at radius 3 is 1.89 bits per heavy atom. The molecule has 1 aromatic carbocycles. The Morgan fingerprint density at radius 1 is 1.14 bits per heavy atom. The van der Waals surface area contributed by atoms with Gasteiger partial charge in [0.2, 0.25) is 18.2 Å². The first kappa shape index (κ1) is 37.5. The number of carbonyl (C=O) groups is 3. The molecule has 6 N–H and O–H groups in total. The molecule has 0 saturated heterocycles. The van der Waals surface area contributed by atoms with Crippen molar-refractivity contribution >= 4 is 18.2 Å². The van der Waals surface area contributed by atoms with Gasteiger partial charge < -0.3 is 31.6 Å². The topological polar surface area (TPSA) is 146 Å². The number of carbonyl (C=O) groups excluding carboxylic acids is 3. The minimum absolute atomic E-state index is 0.0347. The smallest absolute Gasteiger partial charge is 0.240 e. The quantitative estimate of drug-likeness (QED) is 0.355. The summed E-state index contributed by atoms with van der Waals surface area (Å²) < 4.78 is 10.0. The maximum Gasteiger partial charge on any atom is 0.240 e. The summed E-state index contributed by atoms with van der Waals surface area (Å²) in [4.78, 5) is 31.9. The van der Waals surface area contributed by atoms with Gasteiger partial charge in [0.15, 0.2) is 0 Å². The number of primary amides is 2. The highest BCUT2D eigenvalue weighted by atomic mass is 16.5. The Morgan fingerprint density at radius 2 is 1.61 bits per heavy atom. The zero-order chi connectivity index (χ0) is 28.7. The molecule has 36 heavy (non-hydrogen) atoms. The monoisotopic (exact) mass is 510 g/mol. The van der Waals surface area contributed by atoms with Crippen LogP contribution in [0.15, 0.2) is 36.5 Å². The van der Waals surface area contributed by atoms with Crippen LogP contribution in [0, 0.1) is 5.92 Å². The predicted octanol–water partition coefficient (Wildman–Crippen LogP) is 3.31. The average Bonchev–Trinajstić information content (AvgIpc) is 2.85. The largest absolute Gasteiger partial charge is 0.497 e. The van der Waals surface area contributed by atoms with Crippen LogP contribution in [-0.2, 0) is 25.5 Å². The van der Waals surface area contributed by atoms with Gasteiger partial charge in [-0.1, -0.05) is 45.9 Å². The molecule has 9 heteroatoms. The molecule has 1 rings (SSSR count). The van der Waals surface area contributed by atoms with Gasteiger partial charge in [-0.05, 0) is 57.2 Å². The lowest BCUT2D eigenvalue weighted by atomic mass is 9.98. The number of rotatable bonds is 10. The molecule has 2 unspecified atom stereocenters. The molecule has 0 aliphatic rings. The van der Waals surface area contributed by atoms with Crippen molar-refractivity contribution in [3.05, 3.63) is 42.1 Å². The number of aryl methyl sites for hydroxylation is 1. The van der Waals surface area contributed by atoms with Crippen LogP contribution < -0.4 is 26.8 Å². The normalized spacial score (nSPS) is 11.4. The van der Waals surface area contributed by atoms with Crippen LogP contribution in [0.5, 0.6) is 5.75 Å². The third-order valence-corrected chi connectivity index (χ3v) is 5.03. The van der Waals surface area contributed by atoms with Crippen LogP contribution in [0.1, 0.15) is 66.4 Å². The minimum Gasteiger partial charge on any atom is -0.497 e. The summed E-state index contributed by atoms with van der Waals surface area (Å²) in [5.74, 6) is 0.179. The van der Waals surface area contributed by atoms with Crippen molar-refractivity contribution in [3.8, 4) is 5.75 Å². The molecule has 0 bridgehead atoms. The van der Waals surface area contributed by atoms with E-state index in [9.17, 15) is 9.59 Å². The van der Waals surface area contributed by atoms with Crippen LogP contribution in [0.2, 0.25) is 0 Å². The average molecular weight is 511 g/mol. The molecule has 0 heterocycles. The number of nitrogens with two attached hydrogens (primary N) is 2. The van der Waals surface area contributed by atoms with Crippen LogP contribution >= 0.6 is 0 Å². The second-order valence-corrected chi connectivity index (χ2v) is 8.84. The SMILES string of the molecule is C=C(CC)NC.CCC(C)C(NC(=O)CCc1ccc(OC)cc1)C(N)=O.COC(C)(C)C.NC=O. The minimum atomic E-state index is -0.599. The highest BCUT2D eigenvalue weighted by Crippen LogP contribution is 2.13.